The molecule has 2 aliphatic carbocycles. The normalized spacial score (nSPS) is 47.2. The lowest BCUT2D eigenvalue weighted by atomic mass is 9.68. The summed E-state index contributed by atoms with van der Waals surface area (Å²) in [7, 11) is 0. The Balaban J connectivity index is 1.71. The van der Waals surface area contributed by atoms with Crippen LogP contribution in [0.25, 0.3) is 0 Å². The van der Waals surface area contributed by atoms with Gasteiger partial charge in [0.1, 0.15) is 0 Å². The third kappa shape index (κ3) is 2.02. The minimum atomic E-state index is 0.486. The van der Waals surface area contributed by atoms with Crippen molar-refractivity contribution in [2.45, 2.75) is 71.4 Å². The average Bonchev–Trinajstić information content (AvgIpc) is 2.66. The molecule has 2 heteroatoms. The van der Waals surface area contributed by atoms with Crippen molar-refractivity contribution in [3.8, 4) is 0 Å². The zero-order valence-electron chi connectivity index (χ0n) is 12.3. The lowest BCUT2D eigenvalue weighted by molar-refractivity contribution is 0.0932. The number of nitrogens with one attached hydrogen (secondary N) is 1. The lowest BCUT2D eigenvalue weighted by Gasteiger charge is -2.45. The maximum Gasteiger partial charge on any atom is 0.0480 e. The zero-order valence-corrected chi connectivity index (χ0v) is 12.3. The van der Waals surface area contributed by atoms with Crippen molar-refractivity contribution >= 4 is 0 Å². The van der Waals surface area contributed by atoms with Gasteiger partial charge in [-0.2, -0.15) is 0 Å². The molecule has 4 atom stereocenters. The highest BCUT2D eigenvalue weighted by molar-refractivity contribution is 5.12. The Morgan fingerprint density at radius 1 is 1.06 bits per heavy atom. The van der Waals surface area contributed by atoms with Gasteiger partial charge in [-0.05, 0) is 55.3 Å². The fraction of sp³-hybridized carbons (Fsp3) is 1.00. The summed E-state index contributed by atoms with van der Waals surface area (Å²) >= 11 is 0. The van der Waals surface area contributed by atoms with E-state index in [1.54, 1.807) is 0 Å². The molecule has 104 valence electrons. The van der Waals surface area contributed by atoms with Gasteiger partial charge in [0.05, 0.1) is 0 Å². The molecular weight excluding hydrogens is 222 g/mol. The van der Waals surface area contributed by atoms with Crippen LogP contribution in [-0.4, -0.2) is 25.3 Å². The lowest BCUT2D eigenvalue weighted by Crippen LogP contribution is -2.53. The number of hydrogen-bond acceptors (Lipinski definition) is 2. The van der Waals surface area contributed by atoms with Gasteiger partial charge >= 0.3 is 0 Å². The molecule has 3 fully saturated rings. The van der Waals surface area contributed by atoms with Gasteiger partial charge in [-0.3, -0.25) is 0 Å². The van der Waals surface area contributed by atoms with Gasteiger partial charge in [0, 0.05) is 25.3 Å². The summed E-state index contributed by atoms with van der Waals surface area (Å²) in [6, 6.07) is 1.40. The first-order chi connectivity index (χ1) is 8.52. The second kappa shape index (κ2) is 4.49. The van der Waals surface area contributed by atoms with Crippen LogP contribution in [0.2, 0.25) is 0 Å². The van der Waals surface area contributed by atoms with Gasteiger partial charge in [0.15, 0.2) is 0 Å². The minimum absolute atomic E-state index is 0.486. The van der Waals surface area contributed by atoms with Crippen molar-refractivity contribution in [1.82, 2.24) is 5.32 Å². The summed E-state index contributed by atoms with van der Waals surface area (Å²) in [5.41, 5.74) is 1.04. The molecule has 1 N–H and O–H groups in total. The SMILES string of the molecule is CC12CCC(C1)C(C)(C)C2NC1CCCOCC1. The maximum atomic E-state index is 5.59. The summed E-state index contributed by atoms with van der Waals surface area (Å²) in [4.78, 5) is 0. The van der Waals surface area contributed by atoms with E-state index in [2.05, 4.69) is 26.1 Å². The first-order valence-corrected chi connectivity index (χ1v) is 7.86. The average molecular weight is 251 g/mol. The second-order valence-corrected chi connectivity index (χ2v) is 7.75. The quantitative estimate of drug-likeness (QED) is 0.812. The Kier molecular flexibility index (Phi) is 3.22. The third-order valence-electron chi connectivity index (χ3n) is 6.12. The van der Waals surface area contributed by atoms with Crippen molar-refractivity contribution in [2.75, 3.05) is 13.2 Å². The molecule has 1 aliphatic heterocycles. The molecule has 0 spiro atoms. The van der Waals surface area contributed by atoms with Gasteiger partial charge in [-0.25, -0.2) is 0 Å². The Morgan fingerprint density at radius 3 is 2.61 bits per heavy atom. The molecule has 0 amide bonds. The number of hydrogen-bond donors (Lipinski definition) is 1. The van der Waals surface area contributed by atoms with Crippen LogP contribution in [0, 0.1) is 16.7 Å². The van der Waals surface area contributed by atoms with Gasteiger partial charge < -0.3 is 10.1 Å². The highest BCUT2D eigenvalue weighted by atomic mass is 16.5. The Bertz CT molecular complexity index is 301. The molecule has 0 aromatic rings. The fourth-order valence-corrected chi connectivity index (χ4v) is 5.02. The van der Waals surface area contributed by atoms with E-state index in [9.17, 15) is 0 Å². The van der Waals surface area contributed by atoms with E-state index < -0.39 is 0 Å². The topological polar surface area (TPSA) is 21.3 Å². The van der Waals surface area contributed by atoms with Gasteiger partial charge in [0.25, 0.3) is 0 Å². The van der Waals surface area contributed by atoms with Gasteiger partial charge in [-0.15, -0.1) is 0 Å². The standard InChI is InChI=1S/C16H29NO/c1-15(2)12-6-8-16(3,11-12)14(15)17-13-5-4-9-18-10-7-13/h12-14,17H,4-11H2,1-3H3. The van der Waals surface area contributed by atoms with Crippen molar-refractivity contribution in [1.29, 1.82) is 0 Å². The molecule has 3 aliphatic rings. The highest BCUT2D eigenvalue weighted by Gasteiger charge is 2.59. The smallest absolute Gasteiger partial charge is 0.0480 e. The predicted molar refractivity (Wildman–Crippen MR) is 74.6 cm³/mol. The zero-order chi connectivity index (χ0) is 12.8. The molecule has 2 bridgehead atoms. The van der Waals surface area contributed by atoms with E-state index in [-0.39, 0.29) is 0 Å². The Hall–Kier alpha value is -0.0800. The summed E-state index contributed by atoms with van der Waals surface area (Å²) in [6.07, 6.45) is 8.06. The molecule has 18 heavy (non-hydrogen) atoms. The number of ether oxygens (including phenoxy) is 1. The Morgan fingerprint density at radius 2 is 1.89 bits per heavy atom. The van der Waals surface area contributed by atoms with Crippen LogP contribution in [0.15, 0.2) is 0 Å². The molecule has 4 unspecified atom stereocenters. The summed E-state index contributed by atoms with van der Waals surface area (Å²) in [6.45, 7) is 9.42. The van der Waals surface area contributed by atoms with E-state index in [4.69, 9.17) is 4.74 Å². The highest BCUT2D eigenvalue weighted by Crippen LogP contribution is 2.62. The summed E-state index contributed by atoms with van der Waals surface area (Å²) in [5, 5.41) is 4.04. The van der Waals surface area contributed by atoms with Crippen molar-refractivity contribution < 1.29 is 4.74 Å². The first-order valence-electron chi connectivity index (χ1n) is 7.86. The van der Waals surface area contributed by atoms with E-state index in [1.807, 2.05) is 0 Å². The molecule has 2 nitrogen and oxygen atoms in total. The van der Waals surface area contributed by atoms with Crippen molar-refractivity contribution in [2.24, 2.45) is 16.7 Å². The molecule has 3 rings (SSSR count). The van der Waals surface area contributed by atoms with E-state index in [1.165, 1.54) is 38.5 Å². The van der Waals surface area contributed by atoms with Crippen LogP contribution in [0.1, 0.15) is 59.3 Å². The fourth-order valence-electron chi connectivity index (χ4n) is 5.02. The molecule has 1 saturated heterocycles. The molecule has 2 saturated carbocycles. The van der Waals surface area contributed by atoms with Crippen LogP contribution in [0.5, 0.6) is 0 Å². The van der Waals surface area contributed by atoms with Gasteiger partial charge in [-0.1, -0.05) is 20.8 Å². The first kappa shape index (κ1) is 12.9. The molecule has 0 aromatic carbocycles. The number of fused-ring (bicyclic) bond motifs is 2. The summed E-state index contributed by atoms with van der Waals surface area (Å²) in [5.74, 6) is 0.946. The van der Waals surface area contributed by atoms with Crippen molar-refractivity contribution in [3.05, 3.63) is 0 Å². The van der Waals surface area contributed by atoms with E-state index >= 15 is 0 Å². The monoisotopic (exact) mass is 251 g/mol. The molecule has 0 aromatic heterocycles. The van der Waals surface area contributed by atoms with Crippen LogP contribution in [0.4, 0.5) is 0 Å². The summed E-state index contributed by atoms with van der Waals surface area (Å²) < 4.78 is 5.59. The predicted octanol–water partition coefficient (Wildman–Crippen LogP) is 3.36. The van der Waals surface area contributed by atoms with Crippen LogP contribution >= 0.6 is 0 Å². The third-order valence-corrected chi connectivity index (χ3v) is 6.12. The minimum Gasteiger partial charge on any atom is -0.381 e. The van der Waals surface area contributed by atoms with Crippen LogP contribution < -0.4 is 5.32 Å². The van der Waals surface area contributed by atoms with E-state index in [0.717, 1.165) is 19.1 Å². The largest absolute Gasteiger partial charge is 0.381 e. The van der Waals surface area contributed by atoms with Gasteiger partial charge in [0.2, 0.25) is 0 Å². The van der Waals surface area contributed by atoms with Crippen LogP contribution in [0.3, 0.4) is 0 Å². The Labute approximate surface area is 112 Å². The molecular formula is C16H29NO. The molecule has 0 radical (unpaired) electrons. The number of rotatable bonds is 2. The second-order valence-electron chi connectivity index (χ2n) is 7.75. The molecule has 1 heterocycles. The van der Waals surface area contributed by atoms with Crippen LogP contribution in [-0.2, 0) is 4.74 Å². The maximum absolute atomic E-state index is 5.59. The van der Waals surface area contributed by atoms with Crippen molar-refractivity contribution in [3.63, 3.8) is 0 Å². The van der Waals surface area contributed by atoms with E-state index in [0.29, 0.717) is 22.9 Å².